The van der Waals surface area contributed by atoms with Crippen LogP contribution in [0.15, 0.2) is 0 Å². The van der Waals surface area contributed by atoms with Gasteiger partial charge in [-0.1, -0.05) is 0 Å². The third kappa shape index (κ3) is 26.7. The van der Waals surface area contributed by atoms with Crippen LogP contribution in [0, 0.1) is 45.4 Å². The molecule has 12 heteroatoms. The minimum atomic E-state index is -6.09. The molecule has 5 radical (unpaired) electrons. The molecule has 0 aromatic rings. The van der Waals surface area contributed by atoms with Crippen LogP contribution in [0.1, 0.15) is 0 Å². The minimum Gasteiger partial charge on any atom is -0.0312 e. The second-order valence-electron chi connectivity index (χ2n) is 2.50. The van der Waals surface area contributed by atoms with Crippen LogP contribution in [0.25, 0.3) is 0 Å². The number of hydrogen-bond donors (Lipinski definition) is 0. The summed E-state index contributed by atoms with van der Waals surface area (Å²) >= 11 is 3.35. The second-order valence-corrected chi connectivity index (χ2v) is 4.32. The topological polar surface area (TPSA) is 115 Å². The van der Waals surface area contributed by atoms with E-state index in [2.05, 4.69) is 38.4 Å². The summed E-state index contributed by atoms with van der Waals surface area (Å²) in [4.78, 5) is 0.343. The predicted octanol–water partition coefficient (Wildman–Crippen LogP) is 0.911. The van der Waals surface area contributed by atoms with E-state index in [0.717, 1.165) is 0 Å². The minimum absolute atomic E-state index is 0.343. The molecule has 1 fully saturated rings. The smallest absolute Gasteiger partial charge is 0.0312 e. The van der Waals surface area contributed by atoms with E-state index in [1.165, 1.54) is 14.2 Å². The quantitative estimate of drug-likeness (QED) is 0.225. The van der Waals surface area contributed by atoms with Gasteiger partial charge in [-0.25, -0.2) is 8.42 Å². The first-order valence-corrected chi connectivity index (χ1v) is 6.71. The van der Waals surface area contributed by atoms with Crippen molar-refractivity contribution in [3.63, 3.8) is 0 Å². The fourth-order valence-electron chi connectivity index (χ4n) is 0.404. The van der Waals surface area contributed by atoms with Crippen LogP contribution in [0.4, 0.5) is 13.2 Å². The molecule has 0 amide bonds. The zero-order chi connectivity index (χ0) is 19.5. The molecule has 0 spiro atoms. The van der Waals surface area contributed by atoms with Crippen molar-refractivity contribution in [3.05, 3.63) is 45.4 Å². The molecule has 23 heavy (non-hydrogen) atoms. The van der Waals surface area contributed by atoms with Gasteiger partial charge in [0.05, 0.1) is 0 Å². The molecule has 7 nitrogen and oxygen atoms in total. The van der Waals surface area contributed by atoms with Gasteiger partial charge in [0.2, 0.25) is 0 Å². The third-order valence-corrected chi connectivity index (χ3v) is 2.17. The standard InChI is InChI=1S/C5H5.C3H6O2.CHF3O3S.2CO.Fe/c1-2-4-5-3-1;1-4-3-5-2;2-1(3,4)8(5,6)7;2*1-2;/h1-5H;1-2H3;(H,5,6,7);;;/q;;;;;+1/p-1. The van der Waals surface area contributed by atoms with Crippen molar-refractivity contribution >= 4 is 14.9 Å². The van der Waals surface area contributed by atoms with Crippen LogP contribution in [0.2, 0.25) is 0 Å². The predicted molar refractivity (Wildman–Crippen MR) is 64.1 cm³/mol. The molecule has 0 heterocycles. The van der Waals surface area contributed by atoms with E-state index in [0.29, 0.717) is 4.79 Å². The van der Waals surface area contributed by atoms with Crippen molar-refractivity contribution in [2.45, 2.75) is 5.51 Å². The van der Waals surface area contributed by atoms with Crippen molar-refractivity contribution in [1.82, 2.24) is 0 Å². The van der Waals surface area contributed by atoms with Gasteiger partial charge in [0.25, 0.3) is 0 Å². The van der Waals surface area contributed by atoms with Gasteiger partial charge in [0.15, 0.2) is 10.1 Å². The van der Waals surface area contributed by atoms with Crippen LogP contribution >= 0.6 is 0 Å². The van der Waals surface area contributed by atoms with E-state index in [1.54, 1.807) is 0 Å². The van der Waals surface area contributed by atoms with Crippen molar-refractivity contribution in [2.24, 2.45) is 0 Å². The molecule has 1 aliphatic carbocycles. The number of halogens is 3. The molecule has 0 aromatic carbocycles. The molecule has 1 aliphatic rings. The number of alkyl halides is 3. The second kappa shape index (κ2) is 19.5. The van der Waals surface area contributed by atoms with E-state index >= 15 is 0 Å². The third-order valence-electron chi connectivity index (χ3n) is 1.15. The van der Waals surface area contributed by atoms with Gasteiger partial charge in [-0.3, -0.25) is 0 Å². The van der Waals surface area contributed by atoms with Crippen LogP contribution in [-0.2, 0) is 44.5 Å². The average molecular weight is 400 g/mol. The van der Waals surface area contributed by atoms with Crippen molar-refractivity contribution < 1.29 is 60.5 Å². The van der Waals surface area contributed by atoms with Crippen LogP contribution < -0.4 is 0 Å². The maximum Gasteiger partial charge on any atom is -0.0312 e. The Morgan fingerprint density at radius 2 is 1.17 bits per heavy atom. The number of ether oxygens (including phenoxy) is 2. The summed E-state index contributed by atoms with van der Waals surface area (Å²) in [6.45, 7) is 9.00. The Labute approximate surface area is 141 Å². The van der Waals surface area contributed by atoms with Crippen LogP contribution in [-0.4, -0.2) is 37.5 Å². The average Bonchev–Trinajstić information content (AvgIpc) is 3.08. The zero-order valence-electron chi connectivity index (χ0n) is 11.6. The van der Waals surface area contributed by atoms with Crippen molar-refractivity contribution in [3.8, 4) is 0 Å². The summed E-state index contributed by atoms with van der Waals surface area (Å²) in [5.41, 5.74) is -5.65. The molecule has 0 saturated heterocycles. The SMILES string of the molecule is CO[C](=[Fe+])OC.O=S(=O)([O-])C(F)(F)F.[C-]#[O+].[C-]#[O+].[CH]1[CH][CH][CH][CH]1. The van der Waals surface area contributed by atoms with Crippen molar-refractivity contribution in [1.29, 1.82) is 0 Å². The van der Waals surface area contributed by atoms with Gasteiger partial charge in [0.1, 0.15) is 0 Å². The molecule has 1 rings (SSSR count). The normalized spacial score (nSPS) is 12.4. The summed E-state index contributed by atoms with van der Waals surface area (Å²) < 4.78 is 82.9. The molecule has 132 valence electrons. The molecule has 0 bridgehead atoms. The van der Waals surface area contributed by atoms with E-state index in [9.17, 15) is 13.2 Å². The molecule has 0 aromatic heterocycles. The summed E-state index contributed by atoms with van der Waals surface area (Å²) in [6, 6.07) is 0. The molecule has 0 N–H and O–H groups in total. The fourth-order valence-corrected chi connectivity index (χ4v) is 0.404. The zero-order valence-corrected chi connectivity index (χ0v) is 13.6. The Kier molecular flexibility index (Phi) is 25.8. The molecular weight excluding hydrogens is 389 g/mol. The molecule has 0 unspecified atom stereocenters. The Morgan fingerprint density at radius 1 is 1.00 bits per heavy atom. The first-order chi connectivity index (χ1) is 10.6. The Bertz CT molecular complexity index is 395. The summed E-state index contributed by atoms with van der Waals surface area (Å²) in [7, 11) is -3.08. The number of hydrogen-bond acceptors (Lipinski definition) is 5. The van der Waals surface area contributed by atoms with Gasteiger partial charge < -0.3 is 4.55 Å². The summed E-state index contributed by atoms with van der Waals surface area (Å²) in [6.07, 6.45) is 10.0. The first-order valence-electron chi connectivity index (χ1n) is 4.75. The Hall–Kier alpha value is -0.511. The maximum absolute atomic E-state index is 10.7. The summed E-state index contributed by atoms with van der Waals surface area (Å²) in [5, 5.41) is 0. The van der Waals surface area contributed by atoms with Crippen LogP contribution in [0.3, 0.4) is 0 Å². The fraction of sp³-hybridized carbons (Fsp3) is 0.273. The van der Waals surface area contributed by atoms with E-state index < -0.39 is 15.6 Å². The van der Waals surface area contributed by atoms with Gasteiger partial charge in [-0.05, 0) is 32.1 Å². The Morgan fingerprint density at radius 3 is 1.22 bits per heavy atom. The molecular formula is C11H11F3FeO7S. The monoisotopic (exact) mass is 400 g/mol. The van der Waals surface area contributed by atoms with E-state index in [1.807, 2.05) is 32.1 Å². The van der Waals surface area contributed by atoms with Crippen LogP contribution in [0.5, 0.6) is 0 Å². The molecule has 0 atom stereocenters. The first kappa shape index (κ1) is 30.4. The largest absolute Gasteiger partial charge is 0.0312 e. The van der Waals surface area contributed by atoms with E-state index in [-0.39, 0.29) is 0 Å². The number of methoxy groups -OCH3 is 2. The molecule has 1 saturated carbocycles. The van der Waals surface area contributed by atoms with Gasteiger partial charge in [0, 0.05) is 0 Å². The van der Waals surface area contributed by atoms with Gasteiger partial charge in [-0.15, -0.1) is 0 Å². The van der Waals surface area contributed by atoms with Gasteiger partial charge >= 0.3 is 72.2 Å². The molecule has 0 aliphatic heterocycles. The van der Waals surface area contributed by atoms with Crippen molar-refractivity contribution in [2.75, 3.05) is 14.2 Å². The van der Waals surface area contributed by atoms with Gasteiger partial charge in [-0.2, -0.15) is 13.2 Å². The van der Waals surface area contributed by atoms with E-state index in [4.69, 9.17) is 22.3 Å². The number of rotatable bonds is 2. The summed E-state index contributed by atoms with van der Waals surface area (Å²) in [5.74, 6) is 0. The Balaban J connectivity index is -0.000000108. The maximum atomic E-state index is 10.7.